The van der Waals surface area contributed by atoms with Crippen LogP contribution in [0.1, 0.15) is 35.0 Å². The molecule has 0 atom stereocenters. The van der Waals surface area contributed by atoms with E-state index < -0.39 is 24.3 Å². The lowest BCUT2D eigenvalue weighted by molar-refractivity contribution is -0.139. The Labute approximate surface area is 97.5 Å². The Morgan fingerprint density at radius 1 is 1.18 bits per heavy atom. The predicted octanol–water partition coefficient (Wildman–Crippen LogP) is 1.20. The molecular formula is C11H12O6. The van der Waals surface area contributed by atoms with Gasteiger partial charge in [0.1, 0.15) is 0 Å². The van der Waals surface area contributed by atoms with Crippen LogP contribution in [0.3, 0.4) is 0 Å². The summed E-state index contributed by atoms with van der Waals surface area (Å²) >= 11 is 0. The topological polar surface area (TPSA) is 82.8 Å². The van der Waals surface area contributed by atoms with Gasteiger partial charge in [0, 0.05) is 6.92 Å². The van der Waals surface area contributed by atoms with Gasteiger partial charge in [-0.2, -0.15) is 0 Å². The zero-order valence-electron chi connectivity index (χ0n) is 9.52. The van der Waals surface area contributed by atoms with Crippen LogP contribution >= 0.6 is 0 Å². The normalized spacial score (nSPS) is 9.76. The molecule has 1 aromatic heterocycles. The fraction of sp³-hybridized carbons (Fsp3) is 0.364. The fourth-order valence-electron chi connectivity index (χ4n) is 1.04. The molecule has 0 aromatic carbocycles. The number of furan rings is 1. The van der Waals surface area contributed by atoms with Crippen molar-refractivity contribution in [1.82, 2.24) is 0 Å². The van der Waals surface area contributed by atoms with Gasteiger partial charge in [0.25, 0.3) is 0 Å². The van der Waals surface area contributed by atoms with E-state index in [4.69, 9.17) is 4.42 Å². The quantitative estimate of drug-likeness (QED) is 0.568. The first-order chi connectivity index (χ1) is 8.04. The van der Waals surface area contributed by atoms with Crippen LogP contribution in [-0.2, 0) is 14.3 Å². The Balaban J connectivity index is 2.64. The summed E-state index contributed by atoms with van der Waals surface area (Å²) in [5, 5.41) is 0. The zero-order chi connectivity index (χ0) is 12.8. The molecule has 6 heteroatoms. The van der Waals surface area contributed by atoms with Gasteiger partial charge < -0.3 is 13.9 Å². The molecule has 0 saturated heterocycles. The maximum absolute atomic E-state index is 11.4. The second-order valence-electron chi connectivity index (χ2n) is 3.09. The monoisotopic (exact) mass is 240 g/mol. The molecule has 0 radical (unpaired) electrons. The number of hydrogen-bond donors (Lipinski definition) is 0. The first-order valence-corrected chi connectivity index (χ1v) is 4.98. The molecule has 0 amide bonds. The summed E-state index contributed by atoms with van der Waals surface area (Å²) in [6.07, 6.45) is 0. The summed E-state index contributed by atoms with van der Waals surface area (Å²) in [6, 6.07) is 2.66. The highest BCUT2D eigenvalue weighted by Crippen LogP contribution is 2.10. The maximum atomic E-state index is 11.4. The molecule has 6 nitrogen and oxygen atoms in total. The summed E-state index contributed by atoms with van der Waals surface area (Å²) in [7, 11) is 0. The van der Waals surface area contributed by atoms with Crippen LogP contribution in [-0.4, -0.2) is 30.9 Å². The standard InChI is InChI=1S/C11H12O6/c1-3-15-11(14)10-5-4-9(17-10)8(13)6-16-7(2)12/h4-5H,3,6H2,1-2H3. The summed E-state index contributed by atoms with van der Waals surface area (Å²) in [6.45, 7) is 2.66. The number of ketones is 1. The number of carbonyl (C=O) groups excluding carboxylic acids is 3. The minimum atomic E-state index is -0.640. The Hall–Kier alpha value is -2.11. The van der Waals surface area contributed by atoms with Gasteiger partial charge in [0.05, 0.1) is 6.61 Å². The molecule has 0 aliphatic heterocycles. The molecule has 0 bridgehead atoms. The largest absolute Gasteiger partial charge is 0.460 e. The van der Waals surface area contributed by atoms with Crippen molar-refractivity contribution in [2.24, 2.45) is 0 Å². The maximum Gasteiger partial charge on any atom is 0.374 e. The molecule has 0 fully saturated rings. The van der Waals surface area contributed by atoms with E-state index in [-0.39, 0.29) is 18.1 Å². The lowest BCUT2D eigenvalue weighted by Crippen LogP contribution is -2.11. The average Bonchev–Trinajstić information content (AvgIpc) is 2.75. The second kappa shape index (κ2) is 5.83. The molecule has 0 aliphatic carbocycles. The Bertz CT molecular complexity index is 431. The van der Waals surface area contributed by atoms with Gasteiger partial charge in [0.15, 0.2) is 12.4 Å². The molecule has 0 saturated carbocycles. The van der Waals surface area contributed by atoms with Crippen molar-refractivity contribution in [3.8, 4) is 0 Å². The lowest BCUT2D eigenvalue weighted by atomic mass is 10.3. The van der Waals surface area contributed by atoms with Crippen LogP contribution in [0.4, 0.5) is 0 Å². The van der Waals surface area contributed by atoms with Gasteiger partial charge >= 0.3 is 11.9 Å². The van der Waals surface area contributed by atoms with Gasteiger partial charge in [-0.3, -0.25) is 9.59 Å². The number of rotatable bonds is 5. The Kier molecular flexibility index (Phi) is 4.45. The predicted molar refractivity (Wildman–Crippen MR) is 55.6 cm³/mol. The fourth-order valence-corrected chi connectivity index (χ4v) is 1.04. The third-order valence-corrected chi connectivity index (χ3v) is 1.76. The van der Waals surface area contributed by atoms with E-state index in [1.165, 1.54) is 19.1 Å². The van der Waals surface area contributed by atoms with Gasteiger partial charge in [-0.05, 0) is 19.1 Å². The van der Waals surface area contributed by atoms with Crippen LogP contribution in [0.15, 0.2) is 16.5 Å². The van der Waals surface area contributed by atoms with E-state index in [0.29, 0.717) is 0 Å². The van der Waals surface area contributed by atoms with Gasteiger partial charge in [-0.1, -0.05) is 0 Å². The minimum Gasteiger partial charge on any atom is -0.460 e. The summed E-state index contributed by atoms with van der Waals surface area (Å²) in [5.41, 5.74) is 0. The van der Waals surface area contributed by atoms with E-state index in [0.717, 1.165) is 0 Å². The summed E-state index contributed by atoms with van der Waals surface area (Å²) < 4.78 is 14.2. The third-order valence-electron chi connectivity index (χ3n) is 1.76. The number of carbonyl (C=O) groups is 3. The highest BCUT2D eigenvalue weighted by atomic mass is 16.5. The van der Waals surface area contributed by atoms with Crippen molar-refractivity contribution in [3.05, 3.63) is 23.7 Å². The smallest absolute Gasteiger partial charge is 0.374 e. The first kappa shape index (κ1) is 13.0. The van der Waals surface area contributed by atoms with E-state index in [2.05, 4.69) is 9.47 Å². The molecule has 1 aromatic rings. The molecule has 0 N–H and O–H groups in total. The van der Waals surface area contributed by atoms with Crippen molar-refractivity contribution in [3.63, 3.8) is 0 Å². The Morgan fingerprint density at radius 3 is 2.41 bits per heavy atom. The number of hydrogen-bond acceptors (Lipinski definition) is 6. The van der Waals surface area contributed by atoms with Gasteiger partial charge in [-0.25, -0.2) is 4.79 Å². The molecule has 0 aliphatic rings. The highest BCUT2D eigenvalue weighted by Gasteiger charge is 2.17. The van der Waals surface area contributed by atoms with Crippen LogP contribution in [0.25, 0.3) is 0 Å². The van der Waals surface area contributed by atoms with Gasteiger partial charge in [0.2, 0.25) is 11.5 Å². The molecule has 0 unspecified atom stereocenters. The van der Waals surface area contributed by atoms with Crippen molar-refractivity contribution < 1.29 is 28.3 Å². The van der Waals surface area contributed by atoms with Crippen LogP contribution in [0, 0.1) is 0 Å². The minimum absolute atomic E-state index is 0.0469. The third kappa shape index (κ3) is 3.75. The molecule has 0 spiro atoms. The molecule has 17 heavy (non-hydrogen) atoms. The molecule has 1 rings (SSSR count). The number of esters is 2. The van der Waals surface area contributed by atoms with Crippen molar-refractivity contribution in [2.45, 2.75) is 13.8 Å². The van der Waals surface area contributed by atoms with Crippen molar-refractivity contribution in [2.75, 3.05) is 13.2 Å². The Morgan fingerprint density at radius 2 is 1.82 bits per heavy atom. The van der Waals surface area contributed by atoms with E-state index in [9.17, 15) is 14.4 Å². The van der Waals surface area contributed by atoms with Crippen molar-refractivity contribution >= 4 is 17.7 Å². The van der Waals surface area contributed by atoms with Crippen LogP contribution < -0.4 is 0 Å². The van der Waals surface area contributed by atoms with E-state index in [1.54, 1.807) is 6.92 Å². The summed E-state index contributed by atoms with van der Waals surface area (Å²) in [5.74, 6) is -1.82. The second-order valence-corrected chi connectivity index (χ2v) is 3.09. The first-order valence-electron chi connectivity index (χ1n) is 4.98. The average molecular weight is 240 g/mol. The van der Waals surface area contributed by atoms with Crippen molar-refractivity contribution in [1.29, 1.82) is 0 Å². The molecule has 92 valence electrons. The number of Topliss-reactive ketones (excluding diaryl/α,β-unsaturated/α-hetero) is 1. The molecule has 1 heterocycles. The van der Waals surface area contributed by atoms with E-state index in [1.807, 2.05) is 0 Å². The number of ether oxygens (including phenoxy) is 2. The van der Waals surface area contributed by atoms with Crippen LogP contribution in [0.5, 0.6) is 0 Å². The van der Waals surface area contributed by atoms with Gasteiger partial charge in [-0.15, -0.1) is 0 Å². The molecular weight excluding hydrogens is 228 g/mol. The highest BCUT2D eigenvalue weighted by molar-refractivity contribution is 5.96. The lowest BCUT2D eigenvalue weighted by Gasteiger charge is -1.99. The summed E-state index contributed by atoms with van der Waals surface area (Å²) in [4.78, 5) is 33.2. The van der Waals surface area contributed by atoms with Crippen LogP contribution in [0.2, 0.25) is 0 Å². The SMILES string of the molecule is CCOC(=O)c1ccc(C(=O)COC(C)=O)o1. The zero-order valence-corrected chi connectivity index (χ0v) is 9.52. The van der Waals surface area contributed by atoms with E-state index >= 15 is 0 Å².